The Morgan fingerprint density at radius 3 is 2.50 bits per heavy atom. The van der Waals surface area contributed by atoms with Gasteiger partial charge in [-0.15, -0.1) is 0 Å². The standard InChI is InChI=1S/C23H20N2O3/c1-14-9-15(2)11-17(10-14)25-22(16-7-8-20-21(12-16)28-13-27-20)24-19-6-4-3-5-18(19)23(25)26/h3-12,22,24H,13H2,1-2H3/t22-/m1/s1. The Hall–Kier alpha value is -3.47. The van der Waals surface area contributed by atoms with Crippen LogP contribution in [0.25, 0.3) is 0 Å². The van der Waals surface area contributed by atoms with Crippen LogP contribution in [-0.4, -0.2) is 12.7 Å². The number of fused-ring (bicyclic) bond motifs is 2. The van der Waals surface area contributed by atoms with E-state index in [-0.39, 0.29) is 18.9 Å². The van der Waals surface area contributed by atoms with E-state index >= 15 is 0 Å². The molecule has 3 aromatic carbocycles. The first-order valence-corrected chi connectivity index (χ1v) is 9.27. The number of nitrogens with one attached hydrogen (secondary N) is 1. The van der Waals surface area contributed by atoms with Crippen LogP contribution < -0.4 is 19.7 Å². The van der Waals surface area contributed by atoms with Crippen LogP contribution in [-0.2, 0) is 0 Å². The Kier molecular flexibility index (Phi) is 3.76. The molecule has 2 heterocycles. The van der Waals surface area contributed by atoms with E-state index in [4.69, 9.17) is 9.47 Å². The Morgan fingerprint density at radius 1 is 0.929 bits per heavy atom. The number of nitrogens with zero attached hydrogens (tertiary/aromatic N) is 1. The first-order valence-electron chi connectivity index (χ1n) is 9.27. The van der Waals surface area contributed by atoms with E-state index in [9.17, 15) is 4.79 Å². The predicted molar refractivity (Wildman–Crippen MR) is 108 cm³/mol. The van der Waals surface area contributed by atoms with Crippen molar-refractivity contribution in [2.75, 3.05) is 17.0 Å². The quantitative estimate of drug-likeness (QED) is 0.702. The molecule has 28 heavy (non-hydrogen) atoms. The van der Waals surface area contributed by atoms with Crippen LogP contribution in [0.1, 0.15) is 33.2 Å². The predicted octanol–water partition coefficient (Wildman–Crippen LogP) is 4.80. The molecule has 0 bridgehead atoms. The van der Waals surface area contributed by atoms with Gasteiger partial charge in [0.1, 0.15) is 6.17 Å². The average molecular weight is 372 g/mol. The lowest BCUT2D eigenvalue weighted by atomic mass is 10.0. The topological polar surface area (TPSA) is 50.8 Å². The van der Waals surface area contributed by atoms with Crippen molar-refractivity contribution in [1.29, 1.82) is 0 Å². The molecule has 2 aliphatic rings. The zero-order chi connectivity index (χ0) is 19.3. The highest BCUT2D eigenvalue weighted by Gasteiger charge is 2.34. The first kappa shape index (κ1) is 16.7. The fourth-order valence-electron chi connectivity index (χ4n) is 3.93. The minimum atomic E-state index is -0.349. The summed E-state index contributed by atoms with van der Waals surface area (Å²) in [4.78, 5) is 15.3. The summed E-state index contributed by atoms with van der Waals surface area (Å²) in [7, 11) is 0. The summed E-state index contributed by atoms with van der Waals surface area (Å²) >= 11 is 0. The molecule has 0 radical (unpaired) electrons. The van der Waals surface area contributed by atoms with Crippen LogP contribution in [0, 0.1) is 13.8 Å². The monoisotopic (exact) mass is 372 g/mol. The molecule has 0 saturated heterocycles. The Morgan fingerprint density at radius 2 is 1.68 bits per heavy atom. The largest absolute Gasteiger partial charge is 0.454 e. The molecular formula is C23H20N2O3. The Bertz CT molecular complexity index is 1070. The summed E-state index contributed by atoms with van der Waals surface area (Å²) in [6.07, 6.45) is -0.349. The van der Waals surface area contributed by atoms with Gasteiger partial charge in [-0.25, -0.2) is 0 Å². The molecule has 0 aliphatic carbocycles. The second kappa shape index (κ2) is 6.30. The van der Waals surface area contributed by atoms with E-state index in [1.807, 2.05) is 73.3 Å². The third kappa shape index (κ3) is 2.67. The first-order chi connectivity index (χ1) is 13.6. The van der Waals surface area contributed by atoms with Crippen molar-refractivity contribution < 1.29 is 14.3 Å². The zero-order valence-corrected chi connectivity index (χ0v) is 15.7. The van der Waals surface area contributed by atoms with Crippen LogP contribution in [0.2, 0.25) is 0 Å². The minimum Gasteiger partial charge on any atom is -0.454 e. The molecule has 1 N–H and O–H groups in total. The van der Waals surface area contributed by atoms with Crippen molar-refractivity contribution in [2.45, 2.75) is 20.0 Å². The number of aryl methyl sites for hydroxylation is 2. The van der Waals surface area contributed by atoms with E-state index in [0.29, 0.717) is 11.3 Å². The van der Waals surface area contributed by atoms with E-state index in [0.717, 1.165) is 33.8 Å². The van der Waals surface area contributed by atoms with Gasteiger partial charge in [0.05, 0.1) is 5.56 Å². The summed E-state index contributed by atoms with van der Waals surface area (Å²) in [6.45, 7) is 4.31. The van der Waals surface area contributed by atoms with Crippen molar-refractivity contribution in [2.24, 2.45) is 0 Å². The number of anilines is 2. The highest BCUT2D eigenvalue weighted by molar-refractivity contribution is 6.12. The highest BCUT2D eigenvalue weighted by atomic mass is 16.7. The van der Waals surface area contributed by atoms with Gasteiger partial charge >= 0.3 is 0 Å². The normalized spacial score (nSPS) is 17.3. The lowest BCUT2D eigenvalue weighted by Gasteiger charge is -2.38. The smallest absolute Gasteiger partial charge is 0.262 e. The molecule has 0 aromatic heterocycles. The van der Waals surface area contributed by atoms with Gasteiger partial charge in [-0.2, -0.15) is 0 Å². The van der Waals surface area contributed by atoms with Crippen molar-refractivity contribution in [1.82, 2.24) is 0 Å². The number of carbonyl (C=O) groups excluding carboxylic acids is 1. The molecule has 3 aromatic rings. The number of ether oxygens (including phenoxy) is 2. The van der Waals surface area contributed by atoms with Gasteiger partial charge in [0.25, 0.3) is 5.91 Å². The Labute approximate surface area is 163 Å². The van der Waals surface area contributed by atoms with E-state index in [1.54, 1.807) is 0 Å². The van der Waals surface area contributed by atoms with Gasteiger partial charge in [-0.1, -0.05) is 24.3 Å². The zero-order valence-electron chi connectivity index (χ0n) is 15.7. The number of rotatable bonds is 2. The molecule has 140 valence electrons. The fraction of sp³-hybridized carbons (Fsp3) is 0.174. The van der Waals surface area contributed by atoms with Crippen LogP contribution in [0.15, 0.2) is 60.7 Å². The molecule has 5 rings (SSSR count). The van der Waals surface area contributed by atoms with Crippen molar-refractivity contribution in [3.05, 3.63) is 82.9 Å². The summed E-state index contributed by atoms with van der Waals surface area (Å²) < 4.78 is 11.0. The van der Waals surface area contributed by atoms with Gasteiger partial charge < -0.3 is 14.8 Å². The van der Waals surface area contributed by atoms with Gasteiger partial charge in [0.15, 0.2) is 11.5 Å². The summed E-state index contributed by atoms with van der Waals surface area (Å²) in [5, 5.41) is 3.53. The van der Waals surface area contributed by atoms with Crippen molar-refractivity contribution >= 4 is 17.3 Å². The molecule has 5 nitrogen and oxygen atoms in total. The van der Waals surface area contributed by atoms with Crippen LogP contribution in [0.3, 0.4) is 0 Å². The van der Waals surface area contributed by atoms with Crippen molar-refractivity contribution in [3.8, 4) is 11.5 Å². The second-order valence-corrected chi connectivity index (χ2v) is 7.23. The van der Waals surface area contributed by atoms with Crippen molar-refractivity contribution in [3.63, 3.8) is 0 Å². The Balaban J connectivity index is 1.67. The van der Waals surface area contributed by atoms with E-state index in [2.05, 4.69) is 11.4 Å². The average Bonchev–Trinajstić information content (AvgIpc) is 3.15. The van der Waals surface area contributed by atoms with Gasteiger partial charge in [0.2, 0.25) is 6.79 Å². The van der Waals surface area contributed by atoms with E-state index in [1.165, 1.54) is 0 Å². The number of hydrogen-bond acceptors (Lipinski definition) is 4. The molecule has 5 heteroatoms. The lowest BCUT2D eigenvalue weighted by Crippen LogP contribution is -2.43. The number of carbonyl (C=O) groups is 1. The lowest BCUT2D eigenvalue weighted by molar-refractivity contribution is 0.0975. The maximum Gasteiger partial charge on any atom is 0.262 e. The van der Waals surface area contributed by atoms with Gasteiger partial charge in [0, 0.05) is 11.4 Å². The summed E-state index contributed by atoms with van der Waals surface area (Å²) in [5.74, 6) is 1.40. The SMILES string of the molecule is Cc1cc(C)cc(N2C(=O)c3ccccc3N[C@H]2c2ccc3c(c2)OCO3)c1. The molecule has 2 aliphatic heterocycles. The minimum absolute atomic E-state index is 0.0259. The van der Waals surface area contributed by atoms with Gasteiger partial charge in [-0.05, 0) is 66.9 Å². The maximum atomic E-state index is 13.5. The molecule has 0 unspecified atom stereocenters. The fourth-order valence-corrected chi connectivity index (χ4v) is 3.93. The number of benzene rings is 3. The molecular weight excluding hydrogens is 352 g/mol. The molecule has 1 atom stereocenters. The van der Waals surface area contributed by atoms with Gasteiger partial charge in [-0.3, -0.25) is 9.69 Å². The number of hydrogen-bond donors (Lipinski definition) is 1. The van der Waals surface area contributed by atoms with Crippen LogP contribution in [0.4, 0.5) is 11.4 Å². The maximum absolute atomic E-state index is 13.5. The third-order valence-corrected chi connectivity index (χ3v) is 5.12. The third-order valence-electron chi connectivity index (χ3n) is 5.12. The molecule has 0 spiro atoms. The second-order valence-electron chi connectivity index (χ2n) is 7.23. The molecule has 0 saturated carbocycles. The highest BCUT2D eigenvalue weighted by Crippen LogP contribution is 2.40. The number of para-hydroxylation sites is 1. The summed E-state index contributed by atoms with van der Waals surface area (Å²) in [6, 6.07) is 19.6. The summed E-state index contributed by atoms with van der Waals surface area (Å²) in [5.41, 5.74) is 5.53. The molecule has 0 fully saturated rings. The molecule has 1 amide bonds. The van der Waals surface area contributed by atoms with E-state index < -0.39 is 0 Å². The van der Waals surface area contributed by atoms with Crippen LogP contribution in [0.5, 0.6) is 11.5 Å². The van der Waals surface area contributed by atoms with Crippen LogP contribution >= 0.6 is 0 Å². The number of amides is 1.